The van der Waals surface area contributed by atoms with Gasteiger partial charge in [0.2, 0.25) is 0 Å². The van der Waals surface area contributed by atoms with E-state index in [1.165, 1.54) is 27.8 Å². The molecule has 0 aromatic heterocycles. The molecular weight excluding hydrogens is 228 g/mol. The van der Waals surface area contributed by atoms with Gasteiger partial charge < -0.3 is 0 Å². The molecule has 0 saturated heterocycles. The van der Waals surface area contributed by atoms with Crippen LogP contribution in [0.1, 0.15) is 36.1 Å². The van der Waals surface area contributed by atoms with E-state index in [-0.39, 0.29) is 0 Å². The normalized spacial score (nSPS) is 10.9. The van der Waals surface area contributed by atoms with Gasteiger partial charge in [-0.25, -0.2) is 0 Å². The van der Waals surface area contributed by atoms with E-state index in [9.17, 15) is 0 Å². The third kappa shape index (κ3) is 5.13. The van der Waals surface area contributed by atoms with Crippen LogP contribution in [0, 0.1) is 20.8 Å². The number of aryl methyl sites for hydroxylation is 3. The van der Waals surface area contributed by atoms with E-state index in [0.29, 0.717) is 0 Å². The largest absolute Gasteiger partial charge is 0.0991 e. The fourth-order valence-corrected chi connectivity index (χ4v) is 2.16. The Morgan fingerprint density at radius 2 is 1.47 bits per heavy atom. The summed E-state index contributed by atoms with van der Waals surface area (Å²) < 4.78 is 0. The summed E-state index contributed by atoms with van der Waals surface area (Å²) in [6, 6.07) is 4.42. The fraction of sp³-hybridized carbons (Fsp3) is 0.263. The molecule has 0 saturated carbocycles. The molecule has 0 amide bonds. The summed E-state index contributed by atoms with van der Waals surface area (Å²) in [7, 11) is 0. The smallest absolute Gasteiger partial charge is 0.0125 e. The van der Waals surface area contributed by atoms with Crippen LogP contribution in [0.2, 0.25) is 0 Å². The van der Waals surface area contributed by atoms with E-state index in [4.69, 9.17) is 0 Å². The highest BCUT2D eigenvalue weighted by Crippen LogP contribution is 2.25. The number of allylic oxidation sites excluding steroid dienone is 6. The Labute approximate surface area is 118 Å². The first kappa shape index (κ1) is 17.2. The molecule has 0 spiro atoms. The molecule has 0 aliphatic heterocycles. The molecule has 0 heteroatoms. The van der Waals surface area contributed by atoms with Crippen LogP contribution in [-0.4, -0.2) is 0 Å². The number of rotatable bonds is 4. The second-order valence-corrected chi connectivity index (χ2v) is 4.23. The highest BCUT2D eigenvalue weighted by atomic mass is 14.1. The van der Waals surface area contributed by atoms with E-state index in [1.54, 1.807) is 6.08 Å². The van der Waals surface area contributed by atoms with Crippen molar-refractivity contribution in [3.8, 4) is 0 Å². The quantitative estimate of drug-likeness (QED) is 0.582. The Balaban J connectivity index is 0.00000154. The van der Waals surface area contributed by atoms with E-state index in [2.05, 4.69) is 52.1 Å². The third-order valence-corrected chi connectivity index (χ3v) is 2.67. The molecule has 0 fully saturated rings. The Morgan fingerprint density at radius 3 is 1.89 bits per heavy atom. The summed E-state index contributed by atoms with van der Waals surface area (Å²) in [5, 5.41) is 0. The van der Waals surface area contributed by atoms with Gasteiger partial charge in [-0.1, -0.05) is 75.1 Å². The average molecular weight is 254 g/mol. The predicted octanol–water partition coefficient (Wildman–Crippen LogP) is 5.95. The van der Waals surface area contributed by atoms with Gasteiger partial charge in [-0.15, -0.1) is 0 Å². The molecule has 102 valence electrons. The van der Waals surface area contributed by atoms with Crippen molar-refractivity contribution in [2.75, 3.05) is 0 Å². The van der Waals surface area contributed by atoms with Crippen LogP contribution in [0.4, 0.5) is 0 Å². The number of hydrogen-bond donors (Lipinski definition) is 0. The molecule has 1 aromatic rings. The van der Waals surface area contributed by atoms with Crippen molar-refractivity contribution < 1.29 is 0 Å². The maximum absolute atomic E-state index is 3.77. The SMILES string of the molecule is C=C/C=C(/C=C/C=C)c1c(C)cc(C)cc1C.CC. The first-order chi connectivity index (χ1) is 9.10. The summed E-state index contributed by atoms with van der Waals surface area (Å²) in [5.74, 6) is 0. The molecule has 0 aliphatic rings. The lowest BCUT2D eigenvalue weighted by atomic mass is 9.93. The maximum atomic E-state index is 3.77. The van der Waals surface area contributed by atoms with Crippen molar-refractivity contribution in [3.05, 3.63) is 77.9 Å². The van der Waals surface area contributed by atoms with Crippen molar-refractivity contribution in [2.45, 2.75) is 34.6 Å². The Morgan fingerprint density at radius 1 is 0.947 bits per heavy atom. The molecular formula is C19H26. The van der Waals surface area contributed by atoms with E-state index < -0.39 is 0 Å². The minimum absolute atomic E-state index is 1.18. The van der Waals surface area contributed by atoms with E-state index in [1.807, 2.05) is 32.1 Å². The first-order valence-corrected chi connectivity index (χ1v) is 6.80. The molecule has 1 aromatic carbocycles. The minimum atomic E-state index is 1.18. The summed E-state index contributed by atoms with van der Waals surface area (Å²) in [4.78, 5) is 0. The van der Waals surface area contributed by atoms with Crippen LogP contribution >= 0.6 is 0 Å². The van der Waals surface area contributed by atoms with Crippen molar-refractivity contribution in [3.63, 3.8) is 0 Å². The van der Waals surface area contributed by atoms with Gasteiger partial charge in [0.25, 0.3) is 0 Å². The zero-order chi connectivity index (χ0) is 14.8. The van der Waals surface area contributed by atoms with Crippen LogP contribution < -0.4 is 0 Å². The van der Waals surface area contributed by atoms with Gasteiger partial charge in [-0.3, -0.25) is 0 Å². The number of hydrogen-bond acceptors (Lipinski definition) is 0. The Hall–Kier alpha value is -1.82. The Bertz CT molecular complexity index is 462. The maximum Gasteiger partial charge on any atom is -0.0125 e. The van der Waals surface area contributed by atoms with Crippen molar-refractivity contribution >= 4 is 5.57 Å². The molecule has 0 atom stereocenters. The first-order valence-electron chi connectivity index (χ1n) is 6.80. The fourth-order valence-electron chi connectivity index (χ4n) is 2.16. The molecule has 1 rings (SSSR count). The summed E-state index contributed by atoms with van der Waals surface area (Å²) in [6.45, 7) is 17.9. The lowest BCUT2D eigenvalue weighted by Crippen LogP contribution is -1.93. The van der Waals surface area contributed by atoms with Crippen LogP contribution in [-0.2, 0) is 0 Å². The minimum Gasteiger partial charge on any atom is -0.0991 e. The Kier molecular flexibility index (Phi) is 8.28. The van der Waals surface area contributed by atoms with Gasteiger partial charge in [-0.05, 0) is 43.0 Å². The van der Waals surface area contributed by atoms with Gasteiger partial charge in [0.05, 0.1) is 0 Å². The van der Waals surface area contributed by atoms with Gasteiger partial charge in [0.15, 0.2) is 0 Å². The van der Waals surface area contributed by atoms with Crippen LogP contribution in [0.15, 0.2) is 55.7 Å². The average Bonchev–Trinajstić information content (AvgIpc) is 2.37. The van der Waals surface area contributed by atoms with Crippen LogP contribution in [0.5, 0.6) is 0 Å². The molecule has 0 aliphatic carbocycles. The van der Waals surface area contributed by atoms with Crippen molar-refractivity contribution in [1.29, 1.82) is 0 Å². The highest BCUT2D eigenvalue weighted by molar-refractivity contribution is 5.79. The third-order valence-electron chi connectivity index (χ3n) is 2.67. The van der Waals surface area contributed by atoms with Gasteiger partial charge in [0.1, 0.15) is 0 Å². The zero-order valence-corrected chi connectivity index (χ0v) is 13.0. The molecule has 0 radical (unpaired) electrons. The van der Waals surface area contributed by atoms with Gasteiger partial charge in [-0.2, -0.15) is 0 Å². The standard InChI is InChI=1S/C17H20.C2H6/c1-6-8-10-16(9-7-2)17-14(4)11-13(3)12-15(17)5;1-2/h6-12H,1-2H2,3-5H3;1-2H3/b10-8+,16-9-;. The van der Waals surface area contributed by atoms with Crippen LogP contribution in [0.25, 0.3) is 5.57 Å². The lowest BCUT2D eigenvalue weighted by molar-refractivity contribution is 1.29. The van der Waals surface area contributed by atoms with E-state index >= 15 is 0 Å². The second-order valence-electron chi connectivity index (χ2n) is 4.23. The van der Waals surface area contributed by atoms with E-state index in [0.717, 1.165) is 0 Å². The summed E-state index contributed by atoms with van der Waals surface area (Å²) in [6.07, 6.45) is 9.66. The topological polar surface area (TPSA) is 0 Å². The van der Waals surface area contributed by atoms with Crippen molar-refractivity contribution in [1.82, 2.24) is 0 Å². The summed E-state index contributed by atoms with van der Waals surface area (Å²) in [5.41, 5.74) is 6.35. The molecule has 0 heterocycles. The molecule has 0 N–H and O–H groups in total. The molecule has 0 unspecified atom stereocenters. The second kappa shape index (κ2) is 9.16. The zero-order valence-electron chi connectivity index (χ0n) is 13.0. The lowest BCUT2D eigenvalue weighted by Gasteiger charge is -2.12. The van der Waals surface area contributed by atoms with Gasteiger partial charge in [0, 0.05) is 0 Å². The molecule has 0 nitrogen and oxygen atoms in total. The molecule has 19 heavy (non-hydrogen) atoms. The highest BCUT2D eigenvalue weighted by Gasteiger charge is 2.06. The number of benzene rings is 1. The summed E-state index contributed by atoms with van der Waals surface area (Å²) >= 11 is 0. The van der Waals surface area contributed by atoms with Gasteiger partial charge >= 0.3 is 0 Å². The predicted molar refractivity (Wildman–Crippen MR) is 89.5 cm³/mol. The monoisotopic (exact) mass is 254 g/mol. The van der Waals surface area contributed by atoms with Crippen LogP contribution in [0.3, 0.4) is 0 Å². The van der Waals surface area contributed by atoms with Crippen molar-refractivity contribution in [2.24, 2.45) is 0 Å². The molecule has 0 bridgehead atoms.